The topological polar surface area (TPSA) is 56.8 Å². The Labute approximate surface area is 119 Å². The van der Waals surface area contributed by atoms with Crippen LogP contribution in [0.3, 0.4) is 0 Å². The zero-order valence-electron chi connectivity index (χ0n) is 12.5. The van der Waals surface area contributed by atoms with Crippen LogP contribution in [0.4, 0.5) is 10.5 Å². The molecule has 108 valence electrons. The highest BCUT2D eigenvalue weighted by atomic mass is 16.7. The molecule has 20 heavy (non-hydrogen) atoms. The van der Waals surface area contributed by atoms with Gasteiger partial charge < -0.3 is 14.0 Å². The maximum Gasteiger partial charge on any atom is 0.494 e. The van der Waals surface area contributed by atoms with E-state index in [2.05, 4.69) is 10.1 Å². The van der Waals surface area contributed by atoms with E-state index in [1.807, 2.05) is 39.8 Å². The van der Waals surface area contributed by atoms with Crippen molar-refractivity contribution in [1.29, 1.82) is 0 Å². The molecule has 0 saturated carbocycles. The molecule has 0 spiro atoms. The molecule has 1 aliphatic heterocycles. The van der Waals surface area contributed by atoms with Gasteiger partial charge in [0.1, 0.15) is 0 Å². The van der Waals surface area contributed by atoms with E-state index in [1.165, 1.54) is 7.11 Å². The van der Waals surface area contributed by atoms with Crippen LogP contribution in [0.25, 0.3) is 0 Å². The molecule has 0 aliphatic carbocycles. The summed E-state index contributed by atoms with van der Waals surface area (Å²) in [4.78, 5) is 11.1. The van der Waals surface area contributed by atoms with E-state index >= 15 is 0 Å². The van der Waals surface area contributed by atoms with Gasteiger partial charge in [-0.05, 0) is 45.3 Å². The first-order chi connectivity index (χ1) is 9.25. The van der Waals surface area contributed by atoms with Crippen LogP contribution in [0.1, 0.15) is 27.7 Å². The van der Waals surface area contributed by atoms with E-state index in [0.717, 1.165) is 5.46 Å². The number of hydrogen-bond acceptors (Lipinski definition) is 4. The third-order valence-corrected chi connectivity index (χ3v) is 3.87. The van der Waals surface area contributed by atoms with E-state index in [1.54, 1.807) is 12.1 Å². The quantitative estimate of drug-likeness (QED) is 0.842. The second-order valence-corrected chi connectivity index (χ2v) is 5.83. The maximum atomic E-state index is 11.1. The smallest absolute Gasteiger partial charge is 0.453 e. The van der Waals surface area contributed by atoms with Gasteiger partial charge in [0.15, 0.2) is 0 Å². The van der Waals surface area contributed by atoms with Crippen molar-refractivity contribution in [1.82, 2.24) is 0 Å². The van der Waals surface area contributed by atoms with Gasteiger partial charge in [-0.1, -0.05) is 12.1 Å². The molecule has 1 fully saturated rings. The summed E-state index contributed by atoms with van der Waals surface area (Å²) in [5.74, 6) is 0. The largest absolute Gasteiger partial charge is 0.494 e. The van der Waals surface area contributed by atoms with Crippen molar-refractivity contribution >= 4 is 24.4 Å². The van der Waals surface area contributed by atoms with Crippen LogP contribution in [0.2, 0.25) is 0 Å². The molecular weight excluding hydrogens is 257 g/mol. The van der Waals surface area contributed by atoms with Crippen LogP contribution < -0.4 is 10.8 Å². The molecular formula is C14H20BNO4. The lowest BCUT2D eigenvalue weighted by molar-refractivity contribution is 0.00578. The monoisotopic (exact) mass is 277 g/mol. The molecule has 6 heteroatoms. The highest BCUT2D eigenvalue weighted by Crippen LogP contribution is 2.36. The number of anilines is 1. The summed E-state index contributed by atoms with van der Waals surface area (Å²) in [5.41, 5.74) is 0.859. The fourth-order valence-corrected chi connectivity index (χ4v) is 1.87. The van der Waals surface area contributed by atoms with E-state index in [4.69, 9.17) is 9.31 Å². The van der Waals surface area contributed by atoms with Crippen molar-refractivity contribution in [3.05, 3.63) is 24.3 Å². The van der Waals surface area contributed by atoms with Crippen LogP contribution in [0, 0.1) is 0 Å². The Hall–Kier alpha value is -1.53. The number of carbonyl (C=O) groups excluding carboxylic acids is 1. The summed E-state index contributed by atoms with van der Waals surface area (Å²) >= 11 is 0. The van der Waals surface area contributed by atoms with Crippen LogP contribution in [-0.2, 0) is 14.0 Å². The molecule has 1 aromatic rings. The molecule has 1 amide bonds. The third-order valence-electron chi connectivity index (χ3n) is 3.87. The highest BCUT2D eigenvalue weighted by Gasteiger charge is 2.51. The number of ether oxygens (including phenoxy) is 1. The molecule has 5 nitrogen and oxygen atoms in total. The first kappa shape index (κ1) is 14.9. The first-order valence-corrected chi connectivity index (χ1v) is 6.56. The summed E-state index contributed by atoms with van der Waals surface area (Å²) in [7, 11) is 0.931. The lowest BCUT2D eigenvalue weighted by Crippen LogP contribution is -2.41. The fourth-order valence-electron chi connectivity index (χ4n) is 1.87. The second kappa shape index (κ2) is 5.11. The zero-order chi connectivity index (χ0) is 15.0. The molecule has 0 radical (unpaired) electrons. The Morgan fingerprint density at radius 1 is 1.10 bits per heavy atom. The molecule has 2 rings (SSSR count). The molecule has 1 saturated heterocycles. The minimum absolute atomic E-state index is 0.361. The number of methoxy groups -OCH3 is 1. The van der Waals surface area contributed by atoms with Crippen LogP contribution >= 0.6 is 0 Å². The molecule has 1 heterocycles. The Morgan fingerprint density at radius 3 is 2.05 bits per heavy atom. The standard InChI is InChI=1S/C14H20BNO4/c1-13(2)14(3,4)20-15(19-13)10-6-8-11(9-7-10)16-12(17)18-5/h6-9H,1-5H3,(H,16,17). The van der Waals surface area contributed by atoms with E-state index in [0.29, 0.717) is 5.69 Å². The average molecular weight is 277 g/mol. The number of rotatable bonds is 2. The van der Waals surface area contributed by atoms with Gasteiger partial charge in [-0.2, -0.15) is 0 Å². The minimum Gasteiger partial charge on any atom is -0.453 e. The molecule has 1 aromatic carbocycles. The molecule has 1 aliphatic rings. The Kier molecular flexibility index (Phi) is 3.80. The normalized spacial score (nSPS) is 19.8. The third kappa shape index (κ3) is 2.81. The van der Waals surface area contributed by atoms with Gasteiger partial charge in [0.2, 0.25) is 0 Å². The van der Waals surface area contributed by atoms with E-state index < -0.39 is 13.2 Å². The number of carbonyl (C=O) groups is 1. The van der Waals surface area contributed by atoms with Gasteiger partial charge in [0.25, 0.3) is 0 Å². The Balaban J connectivity index is 2.10. The van der Waals surface area contributed by atoms with Crippen molar-refractivity contribution in [2.45, 2.75) is 38.9 Å². The Bertz CT molecular complexity index is 482. The number of amides is 1. The van der Waals surface area contributed by atoms with Gasteiger partial charge in [-0.15, -0.1) is 0 Å². The van der Waals surface area contributed by atoms with Crippen molar-refractivity contribution in [3.8, 4) is 0 Å². The number of nitrogens with one attached hydrogen (secondary N) is 1. The molecule has 0 aromatic heterocycles. The summed E-state index contributed by atoms with van der Waals surface area (Å²) in [6, 6.07) is 7.31. The lowest BCUT2D eigenvalue weighted by Gasteiger charge is -2.32. The van der Waals surface area contributed by atoms with Crippen molar-refractivity contribution in [2.75, 3.05) is 12.4 Å². The van der Waals surface area contributed by atoms with Gasteiger partial charge in [0, 0.05) is 5.69 Å². The Morgan fingerprint density at radius 2 is 1.60 bits per heavy atom. The predicted octanol–water partition coefficient (Wildman–Crippen LogP) is 2.16. The van der Waals surface area contributed by atoms with Crippen molar-refractivity contribution in [2.24, 2.45) is 0 Å². The lowest BCUT2D eigenvalue weighted by atomic mass is 9.79. The predicted molar refractivity (Wildman–Crippen MR) is 78.2 cm³/mol. The van der Waals surface area contributed by atoms with Gasteiger partial charge in [-0.25, -0.2) is 4.79 Å². The van der Waals surface area contributed by atoms with Crippen LogP contribution in [-0.4, -0.2) is 31.5 Å². The highest BCUT2D eigenvalue weighted by molar-refractivity contribution is 6.62. The minimum atomic E-state index is -0.492. The van der Waals surface area contributed by atoms with Crippen LogP contribution in [0.15, 0.2) is 24.3 Å². The summed E-state index contributed by atoms with van der Waals surface area (Å²) in [5, 5.41) is 2.60. The number of benzene rings is 1. The maximum absolute atomic E-state index is 11.1. The summed E-state index contributed by atoms with van der Waals surface area (Å²) in [6.45, 7) is 8.06. The van der Waals surface area contributed by atoms with Crippen molar-refractivity contribution in [3.63, 3.8) is 0 Å². The summed E-state index contributed by atoms with van der Waals surface area (Å²) < 4.78 is 16.5. The molecule has 0 atom stereocenters. The zero-order valence-corrected chi connectivity index (χ0v) is 12.5. The SMILES string of the molecule is COC(=O)Nc1ccc(B2OC(C)(C)C(C)(C)O2)cc1. The van der Waals surface area contributed by atoms with Gasteiger partial charge in [-0.3, -0.25) is 5.32 Å². The molecule has 1 N–H and O–H groups in total. The van der Waals surface area contributed by atoms with E-state index in [9.17, 15) is 4.79 Å². The second-order valence-electron chi connectivity index (χ2n) is 5.83. The molecule has 0 unspecified atom stereocenters. The van der Waals surface area contributed by atoms with Gasteiger partial charge >= 0.3 is 13.2 Å². The summed E-state index contributed by atoms with van der Waals surface area (Å²) in [6.07, 6.45) is -0.492. The van der Waals surface area contributed by atoms with Gasteiger partial charge in [0.05, 0.1) is 18.3 Å². The number of hydrogen-bond donors (Lipinski definition) is 1. The van der Waals surface area contributed by atoms with E-state index in [-0.39, 0.29) is 11.2 Å². The molecule has 0 bridgehead atoms. The average Bonchev–Trinajstić information content (AvgIpc) is 2.59. The van der Waals surface area contributed by atoms with Crippen molar-refractivity contribution < 1.29 is 18.8 Å². The van der Waals surface area contributed by atoms with Crippen LogP contribution in [0.5, 0.6) is 0 Å². The fraction of sp³-hybridized carbons (Fsp3) is 0.500. The first-order valence-electron chi connectivity index (χ1n) is 6.56.